The first kappa shape index (κ1) is 15.2. The van der Waals surface area contributed by atoms with Gasteiger partial charge in [0.1, 0.15) is 12.0 Å². The van der Waals surface area contributed by atoms with Gasteiger partial charge >= 0.3 is 0 Å². The number of carbonyl (C=O) groups is 1. The molecule has 140 valence electrons. The van der Waals surface area contributed by atoms with Gasteiger partial charge in [0, 0.05) is 34.6 Å². The van der Waals surface area contributed by atoms with E-state index in [9.17, 15) is 9.90 Å². The molecule has 9 rings (SSSR count). The predicted molar refractivity (Wildman–Crippen MR) is 95.0 cm³/mol. The third-order valence-corrected chi connectivity index (χ3v) is 10.8. The third kappa shape index (κ3) is 1.11. The number of Topliss-reactive ketones (excluding diaryl/α,β-unsaturated/α-hetero) is 1. The minimum atomic E-state index is -0.487. The summed E-state index contributed by atoms with van der Waals surface area (Å²) < 4.78 is 6.75. The highest BCUT2D eigenvalue weighted by molar-refractivity contribution is 5.87. The Balaban J connectivity index is 1.52. The molecule has 2 spiro atoms. The van der Waals surface area contributed by atoms with Crippen LogP contribution in [0.25, 0.3) is 0 Å². The number of ether oxygens (including phenoxy) is 1. The van der Waals surface area contributed by atoms with Crippen LogP contribution in [0, 0.1) is 39.9 Å². The fraction of sp³-hybridized carbons (Fsp3) is 0.864. The normalized spacial score (nSPS) is 66.7. The number of hydrogen-bond acceptors (Lipinski definition) is 4. The summed E-state index contributed by atoms with van der Waals surface area (Å²) in [5.41, 5.74) is 1.03. The smallest absolute Gasteiger partial charge is 0.140 e. The van der Waals surface area contributed by atoms with Gasteiger partial charge in [-0.1, -0.05) is 20.4 Å². The molecule has 9 aliphatic rings. The van der Waals surface area contributed by atoms with Gasteiger partial charge in [0.25, 0.3) is 0 Å². The number of fused-ring (bicyclic) bond motifs is 2. The Morgan fingerprint density at radius 3 is 2.96 bits per heavy atom. The van der Waals surface area contributed by atoms with E-state index in [-0.39, 0.29) is 28.4 Å². The highest BCUT2D eigenvalue weighted by atomic mass is 16.5. The summed E-state index contributed by atoms with van der Waals surface area (Å²) in [6.07, 6.45) is 5.21. The molecule has 1 N–H and O–H groups in total. The maximum absolute atomic E-state index is 13.0. The van der Waals surface area contributed by atoms with Crippen LogP contribution in [-0.4, -0.2) is 46.8 Å². The second-order valence-corrected chi connectivity index (χ2v) is 10.8. The lowest BCUT2D eigenvalue weighted by Gasteiger charge is -2.73. The van der Waals surface area contributed by atoms with Gasteiger partial charge in [-0.05, 0) is 55.6 Å². The van der Waals surface area contributed by atoms with E-state index in [4.69, 9.17) is 4.74 Å². The van der Waals surface area contributed by atoms with Gasteiger partial charge in [-0.25, -0.2) is 0 Å². The third-order valence-electron chi connectivity index (χ3n) is 10.8. The topological polar surface area (TPSA) is 49.8 Å². The summed E-state index contributed by atoms with van der Waals surface area (Å²) in [4.78, 5) is 15.7. The van der Waals surface area contributed by atoms with Crippen LogP contribution >= 0.6 is 0 Å². The van der Waals surface area contributed by atoms with E-state index in [1.807, 2.05) is 0 Å². The Labute approximate surface area is 155 Å². The van der Waals surface area contributed by atoms with Crippen molar-refractivity contribution in [3.05, 3.63) is 12.2 Å². The van der Waals surface area contributed by atoms with E-state index in [1.54, 1.807) is 0 Å². The van der Waals surface area contributed by atoms with Gasteiger partial charge in [-0.2, -0.15) is 0 Å². The highest BCUT2D eigenvalue weighted by Gasteiger charge is 2.88. The summed E-state index contributed by atoms with van der Waals surface area (Å²) in [6, 6.07) is 0.506. The zero-order valence-electron chi connectivity index (χ0n) is 15.8. The molecule has 4 heterocycles. The van der Waals surface area contributed by atoms with Gasteiger partial charge in [0.2, 0.25) is 0 Å². The van der Waals surface area contributed by atoms with Crippen LogP contribution in [0.3, 0.4) is 0 Å². The Bertz CT molecular complexity index is 779. The van der Waals surface area contributed by atoms with Crippen LogP contribution < -0.4 is 0 Å². The summed E-state index contributed by atoms with van der Waals surface area (Å²) >= 11 is 0. The van der Waals surface area contributed by atoms with E-state index in [0.29, 0.717) is 42.1 Å². The minimum Gasteiger partial charge on any atom is -0.388 e. The molecule has 0 aromatic heterocycles. The van der Waals surface area contributed by atoms with Crippen molar-refractivity contribution in [2.45, 2.75) is 70.4 Å². The lowest BCUT2D eigenvalue weighted by Crippen LogP contribution is -2.78. The monoisotopic (exact) mass is 355 g/mol. The van der Waals surface area contributed by atoms with Crippen molar-refractivity contribution in [1.82, 2.24) is 4.90 Å². The Morgan fingerprint density at radius 2 is 2.19 bits per heavy atom. The lowest BCUT2D eigenvalue weighted by molar-refractivity contribution is -0.370. The molecule has 26 heavy (non-hydrogen) atoms. The quantitative estimate of drug-likeness (QED) is 0.734. The molecule has 9 bridgehead atoms. The number of aliphatic hydroxyl groups is 1. The number of aliphatic hydroxyl groups excluding tert-OH is 1. The van der Waals surface area contributed by atoms with E-state index in [1.165, 1.54) is 12.8 Å². The maximum atomic E-state index is 13.0. The minimum absolute atomic E-state index is 0.0853. The van der Waals surface area contributed by atoms with Crippen LogP contribution in [-0.2, 0) is 9.53 Å². The predicted octanol–water partition coefficient (Wildman–Crippen LogP) is 2.36. The van der Waals surface area contributed by atoms with E-state index < -0.39 is 6.10 Å². The Kier molecular flexibility index (Phi) is 2.35. The van der Waals surface area contributed by atoms with Crippen LogP contribution in [0.4, 0.5) is 0 Å². The largest absolute Gasteiger partial charge is 0.388 e. The van der Waals surface area contributed by atoms with E-state index >= 15 is 0 Å². The SMILES string of the molecule is C=C1[C@H]2C[C@@]3([C@@H]1O)[C@@H](CC2=O)[C@]12[C@@H]4CC[C@]5(C)[C@H]1C[C@H]3[C@H]2N(CC)[C@@H]5O4. The van der Waals surface area contributed by atoms with Gasteiger partial charge in [0.15, 0.2) is 0 Å². The zero-order valence-corrected chi connectivity index (χ0v) is 15.8. The Hall–Kier alpha value is -0.710. The number of nitrogens with zero attached hydrogens (tertiary/aromatic N) is 1. The number of rotatable bonds is 1. The lowest BCUT2D eigenvalue weighted by atomic mass is 9.41. The number of piperidine rings is 1. The molecule has 0 unspecified atom stereocenters. The Morgan fingerprint density at radius 1 is 1.38 bits per heavy atom. The molecule has 11 atom stereocenters. The molecule has 4 nitrogen and oxygen atoms in total. The van der Waals surface area contributed by atoms with Gasteiger partial charge in [-0.15, -0.1) is 0 Å². The molecular weight excluding hydrogens is 326 g/mol. The van der Waals surface area contributed by atoms with Crippen LogP contribution in [0.5, 0.6) is 0 Å². The van der Waals surface area contributed by atoms with Crippen LogP contribution in [0.2, 0.25) is 0 Å². The maximum Gasteiger partial charge on any atom is 0.140 e. The number of ketones is 1. The van der Waals surface area contributed by atoms with E-state index in [2.05, 4.69) is 25.3 Å². The molecule has 4 saturated heterocycles. The van der Waals surface area contributed by atoms with Crippen molar-refractivity contribution in [3.8, 4) is 0 Å². The van der Waals surface area contributed by atoms with Crippen molar-refractivity contribution < 1.29 is 14.6 Å². The first-order valence-corrected chi connectivity index (χ1v) is 10.7. The summed E-state index contributed by atoms with van der Waals surface area (Å²) in [6.45, 7) is 9.94. The second-order valence-electron chi connectivity index (χ2n) is 10.8. The second kappa shape index (κ2) is 4.01. The molecular formula is C22H29NO3. The molecule has 5 aliphatic carbocycles. The molecule has 5 saturated carbocycles. The molecule has 4 heteroatoms. The first-order chi connectivity index (χ1) is 12.4. The van der Waals surface area contributed by atoms with Crippen molar-refractivity contribution in [2.24, 2.45) is 39.9 Å². The van der Waals surface area contributed by atoms with Crippen molar-refractivity contribution >= 4 is 5.78 Å². The average molecular weight is 355 g/mol. The van der Waals surface area contributed by atoms with Crippen LogP contribution in [0.15, 0.2) is 12.2 Å². The zero-order chi connectivity index (χ0) is 17.8. The van der Waals surface area contributed by atoms with E-state index in [0.717, 1.165) is 25.0 Å². The summed E-state index contributed by atoms with van der Waals surface area (Å²) in [5.74, 6) is 1.74. The van der Waals surface area contributed by atoms with Crippen molar-refractivity contribution in [1.29, 1.82) is 0 Å². The fourth-order valence-corrected chi connectivity index (χ4v) is 10.3. The molecule has 4 aliphatic heterocycles. The summed E-state index contributed by atoms with van der Waals surface area (Å²) in [7, 11) is 0. The molecule has 0 amide bonds. The van der Waals surface area contributed by atoms with Crippen LogP contribution in [0.1, 0.15) is 46.0 Å². The number of carbonyl (C=O) groups excluding carboxylic acids is 1. The molecule has 0 radical (unpaired) electrons. The van der Waals surface area contributed by atoms with Gasteiger partial charge in [0.05, 0.1) is 12.2 Å². The van der Waals surface area contributed by atoms with Gasteiger partial charge < -0.3 is 9.84 Å². The first-order valence-electron chi connectivity index (χ1n) is 10.7. The van der Waals surface area contributed by atoms with Gasteiger partial charge in [-0.3, -0.25) is 9.69 Å². The van der Waals surface area contributed by atoms with Crippen molar-refractivity contribution in [3.63, 3.8) is 0 Å². The average Bonchev–Trinajstić information content (AvgIpc) is 3.17. The van der Waals surface area contributed by atoms with Crippen molar-refractivity contribution in [2.75, 3.05) is 6.54 Å². The molecule has 9 fully saturated rings. The highest BCUT2D eigenvalue weighted by Crippen LogP contribution is 2.86. The fourth-order valence-electron chi connectivity index (χ4n) is 10.3. The standard InChI is InChI=1S/C22H29NO3/c1-4-23-17-12-7-14-20(3)6-5-16(26-19(20)23)22(14,17)15-8-13(24)11-9-21(12,15)18(25)10(11)2/h11-12,14-19,25H,2,4-9H2,1,3H3/t11-,12+,14-,15-,16+,17-,18-,19-,20-,21+,22+/m1/s1. The molecule has 0 aromatic rings. The molecule has 0 aromatic carbocycles. The number of hydrogen-bond donors (Lipinski definition) is 1. The summed E-state index contributed by atoms with van der Waals surface area (Å²) in [5, 5.41) is 11.4.